The van der Waals surface area contributed by atoms with Crippen molar-refractivity contribution < 1.29 is 4.74 Å². The van der Waals surface area contributed by atoms with Crippen LogP contribution < -0.4 is 10.5 Å². The standard InChI is InChI=1S/C10H10ClN3O/c1-15-9-3-2-6(11)4-7(9)8-5-10(12)14-13-8/h2-5H,1H3,(H3,12,13,14). The smallest absolute Gasteiger partial charge is 0.128 e. The molecule has 0 radical (unpaired) electrons. The number of nitrogens with two attached hydrogens (primary N) is 1. The van der Waals surface area contributed by atoms with E-state index in [1.54, 1.807) is 31.4 Å². The molecule has 0 saturated carbocycles. The SMILES string of the molecule is COc1ccc(Cl)cc1-c1cc(N)[nH]n1. The summed E-state index contributed by atoms with van der Waals surface area (Å²) in [5.74, 6) is 1.22. The third-order valence-corrected chi connectivity index (χ3v) is 2.27. The molecule has 1 heterocycles. The Hall–Kier alpha value is -1.68. The van der Waals surface area contributed by atoms with Gasteiger partial charge in [-0.15, -0.1) is 0 Å². The van der Waals surface area contributed by atoms with E-state index in [9.17, 15) is 0 Å². The number of aromatic amines is 1. The number of rotatable bonds is 2. The second-order valence-corrected chi connectivity index (χ2v) is 3.49. The molecular formula is C10H10ClN3O. The van der Waals surface area contributed by atoms with Gasteiger partial charge in [0.1, 0.15) is 11.6 Å². The van der Waals surface area contributed by atoms with Crippen LogP contribution in [0, 0.1) is 0 Å². The molecule has 0 amide bonds. The van der Waals surface area contributed by atoms with Gasteiger partial charge in [-0.05, 0) is 18.2 Å². The van der Waals surface area contributed by atoms with Crippen molar-refractivity contribution in [3.63, 3.8) is 0 Å². The normalized spacial score (nSPS) is 10.3. The van der Waals surface area contributed by atoms with E-state index in [0.29, 0.717) is 22.3 Å². The van der Waals surface area contributed by atoms with Crippen LogP contribution in [0.1, 0.15) is 0 Å². The molecule has 15 heavy (non-hydrogen) atoms. The van der Waals surface area contributed by atoms with Crippen LogP contribution in [0.3, 0.4) is 0 Å². The van der Waals surface area contributed by atoms with E-state index in [1.807, 2.05) is 0 Å². The van der Waals surface area contributed by atoms with Crippen molar-refractivity contribution >= 4 is 17.4 Å². The lowest BCUT2D eigenvalue weighted by Crippen LogP contribution is -1.87. The predicted molar refractivity (Wildman–Crippen MR) is 60.0 cm³/mol. The van der Waals surface area contributed by atoms with Gasteiger partial charge in [0.05, 0.1) is 12.8 Å². The van der Waals surface area contributed by atoms with Crippen molar-refractivity contribution in [2.45, 2.75) is 0 Å². The first-order valence-electron chi connectivity index (χ1n) is 4.35. The number of nitrogens with zero attached hydrogens (tertiary/aromatic N) is 1. The van der Waals surface area contributed by atoms with E-state index in [1.165, 1.54) is 0 Å². The first-order chi connectivity index (χ1) is 7.20. The predicted octanol–water partition coefficient (Wildman–Crippen LogP) is 2.32. The topological polar surface area (TPSA) is 63.9 Å². The van der Waals surface area contributed by atoms with Crippen LogP contribution in [0.5, 0.6) is 5.75 Å². The Morgan fingerprint density at radius 1 is 1.40 bits per heavy atom. The van der Waals surface area contributed by atoms with Crippen LogP contribution in [0.4, 0.5) is 5.82 Å². The zero-order chi connectivity index (χ0) is 10.8. The molecule has 0 aliphatic heterocycles. The summed E-state index contributed by atoms with van der Waals surface area (Å²) in [5, 5.41) is 7.35. The summed E-state index contributed by atoms with van der Waals surface area (Å²) in [6.07, 6.45) is 0. The molecule has 0 atom stereocenters. The van der Waals surface area contributed by atoms with Gasteiger partial charge in [-0.3, -0.25) is 5.10 Å². The van der Waals surface area contributed by atoms with Gasteiger partial charge in [-0.25, -0.2) is 0 Å². The highest BCUT2D eigenvalue weighted by Crippen LogP contribution is 2.31. The van der Waals surface area contributed by atoms with E-state index in [-0.39, 0.29) is 0 Å². The molecule has 0 aliphatic rings. The van der Waals surface area contributed by atoms with Crippen molar-refractivity contribution in [1.82, 2.24) is 10.2 Å². The minimum Gasteiger partial charge on any atom is -0.496 e. The fraction of sp³-hybridized carbons (Fsp3) is 0.100. The van der Waals surface area contributed by atoms with Crippen LogP contribution in [0.2, 0.25) is 5.02 Å². The van der Waals surface area contributed by atoms with E-state index in [0.717, 1.165) is 5.56 Å². The number of methoxy groups -OCH3 is 1. The second kappa shape index (κ2) is 3.82. The van der Waals surface area contributed by atoms with Gasteiger partial charge in [-0.2, -0.15) is 5.10 Å². The zero-order valence-corrected chi connectivity index (χ0v) is 8.88. The first kappa shape index (κ1) is 9.86. The van der Waals surface area contributed by atoms with Gasteiger partial charge in [-0.1, -0.05) is 11.6 Å². The molecule has 0 bridgehead atoms. The summed E-state index contributed by atoms with van der Waals surface area (Å²) in [4.78, 5) is 0. The number of aromatic nitrogens is 2. The van der Waals surface area contributed by atoms with Gasteiger partial charge in [0.25, 0.3) is 0 Å². The number of anilines is 1. The van der Waals surface area contributed by atoms with Crippen LogP contribution in [0.15, 0.2) is 24.3 Å². The van der Waals surface area contributed by atoms with Crippen LogP contribution in [-0.4, -0.2) is 17.3 Å². The van der Waals surface area contributed by atoms with Gasteiger partial charge in [0.2, 0.25) is 0 Å². The number of hydrogen-bond donors (Lipinski definition) is 2. The number of halogens is 1. The number of benzene rings is 1. The summed E-state index contributed by atoms with van der Waals surface area (Å²) in [6.45, 7) is 0. The number of hydrogen-bond acceptors (Lipinski definition) is 3. The molecule has 0 saturated heterocycles. The maximum absolute atomic E-state index is 5.91. The van der Waals surface area contributed by atoms with Crippen molar-refractivity contribution in [3.05, 3.63) is 29.3 Å². The molecule has 0 aliphatic carbocycles. The minimum atomic E-state index is 0.507. The summed E-state index contributed by atoms with van der Waals surface area (Å²) in [5.41, 5.74) is 7.09. The van der Waals surface area contributed by atoms with Crippen LogP contribution in [-0.2, 0) is 0 Å². The molecule has 0 unspecified atom stereocenters. The Morgan fingerprint density at radius 2 is 2.20 bits per heavy atom. The minimum absolute atomic E-state index is 0.507. The Balaban J connectivity index is 2.55. The monoisotopic (exact) mass is 223 g/mol. The van der Waals surface area contributed by atoms with Crippen LogP contribution >= 0.6 is 11.6 Å². The number of ether oxygens (including phenoxy) is 1. The number of H-pyrrole nitrogens is 1. The average Bonchev–Trinajstić information content (AvgIpc) is 2.65. The lowest BCUT2D eigenvalue weighted by molar-refractivity contribution is 0.416. The molecule has 2 aromatic rings. The molecule has 4 nitrogen and oxygen atoms in total. The first-order valence-corrected chi connectivity index (χ1v) is 4.73. The molecule has 1 aromatic heterocycles. The average molecular weight is 224 g/mol. The lowest BCUT2D eigenvalue weighted by atomic mass is 10.1. The lowest BCUT2D eigenvalue weighted by Gasteiger charge is -2.05. The third kappa shape index (κ3) is 1.89. The highest BCUT2D eigenvalue weighted by atomic mass is 35.5. The second-order valence-electron chi connectivity index (χ2n) is 3.05. The van der Waals surface area contributed by atoms with E-state index in [2.05, 4.69) is 10.2 Å². The third-order valence-electron chi connectivity index (χ3n) is 2.04. The summed E-state index contributed by atoms with van der Waals surface area (Å²) in [6, 6.07) is 7.08. The van der Waals surface area contributed by atoms with Gasteiger partial charge < -0.3 is 10.5 Å². The molecular weight excluding hydrogens is 214 g/mol. The Morgan fingerprint density at radius 3 is 2.80 bits per heavy atom. The Bertz CT molecular complexity index is 481. The van der Waals surface area contributed by atoms with Crippen molar-refractivity contribution in [1.29, 1.82) is 0 Å². The van der Waals surface area contributed by atoms with Gasteiger partial charge in [0.15, 0.2) is 0 Å². The van der Waals surface area contributed by atoms with Gasteiger partial charge >= 0.3 is 0 Å². The molecule has 2 rings (SSSR count). The number of nitrogens with one attached hydrogen (secondary N) is 1. The van der Waals surface area contributed by atoms with E-state index >= 15 is 0 Å². The molecule has 5 heteroatoms. The zero-order valence-electron chi connectivity index (χ0n) is 8.12. The van der Waals surface area contributed by atoms with Crippen LogP contribution in [0.25, 0.3) is 11.3 Å². The Labute approximate surface area is 92.0 Å². The summed E-state index contributed by atoms with van der Waals surface area (Å²) in [7, 11) is 1.60. The van der Waals surface area contributed by atoms with Crippen molar-refractivity contribution in [3.8, 4) is 17.0 Å². The van der Waals surface area contributed by atoms with Crippen molar-refractivity contribution in [2.75, 3.05) is 12.8 Å². The summed E-state index contributed by atoms with van der Waals surface area (Å²) < 4.78 is 5.21. The maximum atomic E-state index is 5.91. The maximum Gasteiger partial charge on any atom is 0.128 e. The number of nitrogen functional groups attached to an aromatic ring is 1. The molecule has 78 valence electrons. The van der Waals surface area contributed by atoms with E-state index in [4.69, 9.17) is 22.1 Å². The highest BCUT2D eigenvalue weighted by molar-refractivity contribution is 6.30. The largest absolute Gasteiger partial charge is 0.496 e. The molecule has 0 fully saturated rings. The summed E-state index contributed by atoms with van der Waals surface area (Å²) >= 11 is 5.91. The van der Waals surface area contributed by atoms with Crippen molar-refractivity contribution in [2.24, 2.45) is 0 Å². The van der Waals surface area contributed by atoms with E-state index < -0.39 is 0 Å². The molecule has 0 spiro atoms. The van der Waals surface area contributed by atoms with Gasteiger partial charge in [0, 0.05) is 16.7 Å². The Kier molecular flexibility index (Phi) is 2.51. The fourth-order valence-electron chi connectivity index (χ4n) is 1.35. The quantitative estimate of drug-likeness (QED) is 0.821. The molecule has 3 N–H and O–H groups in total. The fourth-order valence-corrected chi connectivity index (χ4v) is 1.53. The molecule has 1 aromatic carbocycles. The highest BCUT2D eigenvalue weighted by Gasteiger charge is 2.09.